The number of rotatable bonds is 4. The summed E-state index contributed by atoms with van der Waals surface area (Å²) in [5, 5.41) is 7.99. The fourth-order valence-corrected chi connectivity index (χ4v) is 5.09. The molecule has 1 N–H and O–H groups in total. The molecule has 0 spiro atoms. The number of amides is 1. The lowest BCUT2D eigenvalue weighted by Crippen LogP contribution is -2.25. The Morgan fingerprint density at radius 2 is 2.06 bits per heavy atom. The van der Waals surface area contributed by atoms with Gasteiger partial charge in [0.15, 0.2) is 0 Å². The molecule has 3 heterocycles. The van der Waals surface area contributed by atoms with Crippen molar-refractivity contribution >= 4 is 33.3 Å². The zero-order valence-electron chi connectivity index (χ0n) is 17.7. The van der Waals surface area contributed by atoms with Gasteiger partial charge in [0, 0.05) is 17.9 Å². The lowest BCUT2D eigenvalue weighted by atomic mass is 9.85. The first-order valence-electron chi connectivity index (χ1n) is 10.3. The topological polar surface area (TPSA) is 69.0 Å². The Hall–Kier alpha value is -3.40. The maximum atomic E-state index is 13.3. The summed E-state index contributed by atoms with van der Waals surface area (Å²) < 4.78 is 47.9. The van der Waals surface area contributed by atoms with Gasteiger partial charge in [-0.25, -0.2) is 4.98 Å². The minimum absolute atomic E-state index is 0.0401. The number of benzene rings is 2. The van der Waals surface area contributed by atoms with Crippen molar-refractivity contribution in [3.63, 3.8) is 0 Å². The summed E-state index contributed by atoms with van der Waals surface area (Å²) in [6.07, 6.45) is -4.42. The third-order valence-electron chi connectivity index (χ3n) is 5.56. The monoisotopic (exact) mass is 472 g/mol. The highest BCUT2D eigenvalue weighted by Crippen LogP contribution is 2.42. The van der Waals surface area contributed by atoms with E-state index in [1.54, 1.807) is 17.7 Å². The van der Waals surface area contributed by atoms with E-state index in [0.29, 0.717) is 34.4 Å². The molecule has 0 saturated heterocycles. The highest BCUT2D eigenvalue weighted by atomic mass is 32.1. The molecule has 0 saturated carbocycles. The first-order valence-corrected chi connectivity index (χ1v) is 11.2. The average Bonchev–Trinajstić information content (AvgIpc) is 3.33. The minimum atomic E-state index is -4.46. The number of carbonyl (C=O) groups excluding carboxylic acids is 1. The van der Waals surface area contributed by atoms with E-state index in [-0.39, 0.29) is 12.3 Å². The molecule has 0 unspecified atom stereocenters. The third-order valence-corrected chi connectivity index (χ3v) is 6.55. The summed E-state index contributed by atoms with van der Waals surface area (Å²) >= 11 is 1.39. The molecule has 2 aromatic heterocycles. The molecule has 170 valence electrons. The van der Waals surface area contributed by atoms with E-state index in [1.165, 1.54) is 17.4 Å². The molecule has 10 heteroatoms. The second kappa shape index (κ2) is 7.87. The molecule has 6 nitrogen and oxygen atoms in total. The summed E-state index contributed by atoms with van der Waals surface area (Å²) in [6.45, 7) is 4.24. The van der Waals surface area contributed by atoms with Crippen LogP contribution in [-0.2, 0) is 11.0 Å². The molecule has 5 rings (SSSR count). The molecule has 0 aliphatic carbocycles. The number of ether oxygens (including phenoxy) is 1. The van der Waals surface area contributed by atoms with Gasteiger partial charge < -0.3 is 10.1 Å². The van der Waals surface area contributed by atoms with Crippen LogP contribution in [0.1, 0.15) is 41.6 Å². The molecule has 0 bridgehead atoms. The molecule has 2 aromatic carbocycles. The number of anilines is 1. The van der Waals surface area contributed by atoms with E-state index >= 15 is 0 Å². The highest BCUT2D eigenvalue weighted by molar-refractivity contribution is 7.20. The van der Waals surface area contributed by atoms with Crippen molar-refractivity contribution in [3.8, 4) is 10.9 Å². The van der Waals surface area contributed by atoms with Crippen LogP contribution in [-0.4, -0.2) is 27.3 Å². The van der Waals surface area contributed by atoms with Gasteiger partial charge in [-0.2, -0.15) is 23.0 Å². The van der Waals surface area contributed by atoms with Gasteiger partial charge in [-0.15, -0.1) is 0 Å². The molecule has 1 atom stereocenters. The second-order valence-corrected chi connectivity index (χ2v) is 8.76. The number of hydrogen-bond acceptors (Lipinski definition) is 5. The van der Waals surface area contributed by atoms with Crippen LogP contribution in [0.3, 0.4) is 0 Å². The van der Waals surface area contributed by atoms with Crippen LogP contribution in [0.25, 0.3) is 15.3 Å². The zero-order valence-corrected chi connectivity index (χ0v) is 18.5. The Balaban J connectivity index is 1.61. The van der Waals surface area contributed by atoms with Crippen molar-refractivity contribution in [2.75, 3.05) is 11.9 Å². The summed E-state index contributed by atoms with van der Waals surface area (Å²) in [5.74, 6) is 0.349. The molecule has 1 aliphatic rings. The standard InChI is InChI=1S/C23H19F3N4O2S/c1-3-32-15-7-8-17-18(10-15)33-22(27-17)30-21-20(12(2)29-30)16(11-19(31)28-21)13-5-4-6-14(9-13)23(24,25)26/h4-10,16H,3,11H2,1-2H3,(H,28,31)/t16-/m0/s1. The number of carbonyl (C=O) groups is 1. The number of fused-ring (bicyclic) bond motifs is 2. The number of alkyl halides is 3. The number of halogens is 3. The molecule has 0 fully saturated rings. The van der Waals surface area contributed by atoms with E-state index in [1.807, 2.05) is 25.1 Å². The summed E-state index contributed by atoms with van der Waals surface area (Å²) in [7, 11) is 0. The van der Waals surface area contributed by atoms with Gasteiger partial charge in [0.2, 0.25) is 11.0 Å². The van der Waals surface area contributed by atoms with Crippen LogP contribution in [0.2, 0.25) is 0 Å². The average molecular weight is 472 g/mol. The molecular formula is C23H19F3N4O2S. The van der Waals surface area contributed by atoms with Crippen LogP contribution in [0, 0.1) is 6.92 Å². The molecule has 1 amide bonds. The first-order chi connectivity index (χ1) is 15.7. The van der Waals surface area contributed by atoms with Crippen molar-refractivity contribution in [1.82, 2.24) is 14.8 Å². The van der Waals surface area contributed by atoms with Gasteiger partial charge in [0.1, 0.15) is 11.6 Å². The number of nitrogens with zero attached hydrogens (tertiary/aromatic N) is 3. The molecule has 0 radical (unpaired) electrons. The SMILES string of the molecule is CCOc1ccc2nc(-n3nc(C)c4c3NC(=O)C[C@H]4c3cccc(C(F)(F)F)c3)sc2c1. The number of nitrogens with one attached hydrogen (secondary N) is 1. The normalized spacial score (nSPS) is 16.0. The maximum absolute atomic E-state index is 13.3. The van der Waals surface area contributed by atoms with E-state index in [4.69, 9.17) is 4.74 Å². The minimum Gasteiger partial charge on any atom is -0.494 e. The lowest BCUT2D eigenvalue weighted by molar-refractivity contribution is -0.137. The van der Waals surface area contributed by atoms with Gasteiger partial charge in [0.25, 0.3) is 0 Å². The fraction of sp³-hybridized carbons (Fsp3) is 0.261. The van der Waals surface area contributed by atoms with E-state index in [9.17, 15) is 18.0 Å². The van der Waals surface area contributed by atoms with Crippen LogP contribution in [0.15, 0.2) is 42.5 Å². The van der Waals surface area contributed by atoms with Crippen LogP contribution < -0.4 is 10.1 Å². The maximum Gasteiger partial charge on any atom is 0.416 e. The number of hydrogen-bond donors (Lipinski definition) is 1. The van der Waals surface area contributed by atoms with Gasteiger partial charge >= 0.3 is 6.18 Å². The fourth-order valence-electron chi connectivity index (χ4n) is 4.14. The second-order valence-electron chi connectivity index (χ2n) is 7.75. The van der Waals surface area contributed by atoms with Gasteiger partial charge in [-0.1, -0.05) is 29.5 Å². The quantitative estimate of drug-likeness (QED) is 0.415. The Kier molecular flexibility index (Phi) is 5.12. The Morgan fingerprint density at radius 1 is 1.24 bits per heavy atom. The summed E-state index contributed by atoms with van der Waals surface area (Å²) in [4.78, 5) is 17.2. The zero-order chi connectivity index (χ0) is 23.3. The molecular weight excluding hydrogens is 453 g/mol. The Morgan fingerprint density at radius 3 is 2.82 bits per heavy atom. The van der Waals surface area contributed by atoms with Crippen molar-refractivity contribution in [2.24, 2.45) is 0 Å². The van der Waals surface area contributed by atoms with Crippen LogP contribution in [0.5, 0.6) is 5.75 Å². The number of aryl methyl sites for hydroxylation is 1. The predicted molar refractivity (Wildman–Crippen MR) is 119 cm³/mol. The summed E-state index contributed by atoms with van der Waals surface area (Å²) in [6, 6.07) is 10.7. The van der Waals surface area contributed by atoms with Crippen LogP contribution in [0.4, 0.5) is 19.0 Å². The van der Waals surface area contributed by atoms with Gasteiger partial charge in [0.05, 0.1) is 28.1 Å². The first kappa shape index (κ1) is 21.4. The van der Waals surface area contributed by atoms with Gasteiger partial charge in [-0.05, 0) is 43.7 Å². The molecule has 33 heavy (non-hydrogen) atoms. The largest absolute Gasteiger partial charge is 0.494 e. The lowest BCUT2D eigenvalue weighted by Gasteiger charge is -2.24. The predicted octanol–water partition coefficient (Wildman–Crippen LogP) is 5.68. The van der Waals surface area contributed by atoms with Crippen molar-refractivity contribution in [3.05, 3.63) is 64.8 Å². The number of thiazole rings is 1. The van der Waals surface area contributed by atoms with Crippen LogP contribution >= 0.6 is 11.3 Å². The molecule has 1 aliphatic heterocycles. The van der Waals surface area contributed by atoms with E-state index < -0.39 is 17.7 Å². The van der Waals surface area contributed by atoms with E-state index in [2.05, 4.69) is 15.4 Å². The van der Waals surface area contributed by atoms with Crippen molar-refractivity contribution in [1.29, 1.82) is 0 Å². The summed E-state index contributed by atoms with van der Waals surface area (Å²) in [5.41, 5.74) is 1.77. The highest BCUT2D eigenvalue weighted by Gasteiger charge is 2.35. The van der Waals surface area contributed by atoms with Gasteiger partial charge in [-0.3, -0.25) is 4.79 Å². The Bertz CT molecular complexity index is 1380. The Labute approximate surface area is 191 Å². The third kappa shape index (κ3) is 3.84. The molecule has 4 aromatic rings. The van der Waals surface area contributed by atoms with Crippen molar-refractivity contribution < 1.29 is 22.7 Å². The van der Waals surface area contributed by atoms with Crippen molar-refractivity contribution in [2.45, 2.75) is 32.4 Å². The van der Waals surface area contributed by atoms with E-state index in [0.717, 1.165) is 28.1 Å². The smallest absolute Gasteiger partial charge is 0.416 e. The number of aromatic nitrogens is 3.